The molecule has 0 spiro atoms. The second kappa shape index (κ2) is 8.32. The van der Waals surface area contributed by atoms with Crippen molar-refractivity contribution in [3.8, 4) is 5.75 Å². The lowest BCUT2D eigenvalue weighted by atomic mass is 10.1. The van der Waals surface area contributed by atoms with Gasteiger partial charge in [-0.05, 0) is 55.7 Å². The first-order chi connectivity index (χ1) is 12.6. The Labute approximate surface area is 158 Å². The number of thiazole rings is 1. The minimum atomic E-state index is -0.169. The van der Waals surface area contributed by atoms with E-state index >= 15 is 0 Å². The molecule has 0 aliphatic heterocycles. The Hall–Kier alpha value is -2.40. The van der Waals surface area contributed by atoms with Gasteiger partial charge in [-0.25, -0.2) is 4.98 Å². The number of anilines is 1. The summed E-state index contributed by atoms with van der Waals surface area (Å²) in [5.74, 6) is 0.557. The molecule has 26 heavy (non-hydrogen) atoms. The zero-order valence-corrected chi connectivity index (χ0v) is 16.3. The Kier molecular flexibility index (Phi) is 5.89. The number of unbranched alkanes of at least 4 members (excludes halogenated alkanes) is 2. The van der Waals surface area contributed by atoms with E-state index in [0.717, 1.165) is 40.8 Å². The number of hydrogen-bond donors (Lipinski definition) is 1. The van der Waals surface area contributed by atoms with E-state index in [1.807, 2.05) is 12.1 Å². The van der Waals surface area contributed by atoms with Gasteiger partial charge in [-0.15, -0.1) is 0 Å². The molecule has 0 aliphatic carbocycles. The molecule has 4 nitrogen and oxygen atoms in total. The van der Waals surface area contributed by atoms with Crippen LogP contribution >= 0.6 is 11.3 Å². The Morgan fingerprint density at radius 3 is 2.85 bits per heavy atom. The SMILES string of the molecule is CCCCCOc1cccc(C(=O)Nc2nc3c(C)c(C)ccc3s2)c1. The van der Waals surface area contributed by atoms with Crippen LogP contribution in [0.2, 0.25) is 0 Å². The van der Waals surface area contributed by atoms with E-state index in [0.29, 0.717) is 17.3 Å². The van der Waals surface area contributed by atoms with Crippen molar-refractivity contribution in [2.45, 2.75) is 40.0 Å². The highest BCUT2D eigenvalue weighted by molar-refractivity contribution is 7.22. The molecule has 3 aromatic rings. The van der Waals surface area contributed by atoms with Crippen LogP contribution in [0.15, 0.2) is 36.4 Å². The topological polar surface area (TPSA) is 51.2 Å². The van der Waals surface area contributed by atoms with Gasteiger partial charge in [0.2, 0.25) is 0 Å². The molecule has 0 saturated heterocycles. The molecule has 2 aromatic carbocycles. The summed E-state index contributed by atoms with van der Waals surface area (Å²) in [6, 6.07) is 11.4. The molecule has 1 N–H and O–H groups in total. The first-order valence-electron chi connectivity index (χ1n) is 8.99. The first-order valence-corrected chi connectivity index (χ1v) is 9.81. The Morgan fingerprint density at radius 2 is 2.04 bits per heavy atom. The Bertz CT molecular complexity index is 918. The highest BCUT2D eigenvalue weighted by Crippen LogP contribution is 2.30. The van der Waals surface area contributed by atoms with Crippen LogP contribution in [0.1, 0.15) is 47.7 Å². The van der Waals surface area contributed by atoms with Gasteiger partial charge >= 0.3 is 0 Å². The zero-order valence-electron chi connectivity index (χ0n) is 15.5. The van der Waals surface area contributed by atoms with Gasteiger partial charge < -0.3 is 4.74 Å². The number of nitrogens with zero attached hydrogens (tertiary/aromatic N) is 1. The zero-order chi connectivity index (χ0) is 18.5. The minimum Gasteiger partial charge on any atom is -0.494 e. The number of benzene rings is 2. The van der Waals surface area contributed by atoms with Crippen LogP contribution in [-0.4, -0.2) is 17.5 Å². The number of aryl methyl sites for hydroxylation is 2. The summed E-state index contributed by atoms with van der Waals surface area (Å²) in [5.41, 5.74) is 3.89. The molecule has 0 aliphatic rings. The summed E-state index contributed by atoms with van der Waals surface area (Å²) >= 11 is 1.49. The average molecular weight is 369 g/mol. The summed E-state index contributed by atoms with van der Waals surface area (Å²) in [4.78, 5) is 17.2. The van der Waals surface area contributed by atoms with Crippen LogP contribution in [-0.2, 0) is 0 Å². The maximum Gasteiger partial charge on any atom is 0.257 e. The van der Waals surface area contributed by atoms with Crippen molar-refractivity contribution >= 4 is 32.6 Å². The van der Waals surface area contributed by atoms with Crippen LogP contribution in [0.3, 0.4) is 0 Å². The van der Waals surface area contributed by atoms with E-state index in [1.54, 1.807) is 12.1 Å². The maximum atomic E-state index is 12.6. The van der Waals surface area contributed by atoms with Crippen LogP contribution < -0.4 is 10.1 Å². The van der Waals surface area contributed by atoms with Gasteiger partial charge in [0.1, 0.15) is 5.75 Å². The molecule has 136 valence electrons. The highest BCUT2D eigenvalue weighted by atomic mass is 32.1. The third-order valence-electron chi connectivity index (χ3n) is 4.42. The second-order valence-corrected chi connectivity index (χ2v) is 7.44. The molecule has 0 atom stereocenters. The molecular formula is C21H24N2O2S. The van der Waals surface area contributed by atoms with Gasteiger partial charge in [0, 0.05) is 5.56 Å². The second-order valence-electron chi connectivity index (χ2n) is 6.41. The summed E-state index contributed by atoms with van der Waals surface area (Å²) in [5, 5.41) is 3.53. The highest BCUT2D eigenvalue weighted by Gasteiger charge is 2.12. The monoisotopic (exact) mass is 368 g/mol. The van der Waals surface area contributed by atoms with Crippen LogP contribution in [0.4, 0.5) is 5.13 Å². The Morgan fingerprint density at radius 1 is 1.19 bits per heavy atom. The summed E-state index contributed by atoms with van der Waals surface area (Å²) in [6.07, 6.45) is 3.33. The quantitative estimate of drug-likeness (QED) is 0.541. The van der Waals surface area contributed by atoms with E-state index in [2.05, 4.69) is 43.2 Å². The largest absolute Gasteiger partial charge is 0.494 e. The van der Waals surface area contributed by atoms with Crippen molar-refractivity contribution in [1.82, 2.24) is 4.98 Å². The molecule has 1 heterocycles. The molecule has 0 saturated carbocycles. The number of fused-ring (bicyclic) bond motifs is 1. The molecule has 0 bridgehead atoms. The molecule has 5 heteroatoms. The molecule has 0 fully saturated rings. The van der Waals surface area contributed by atoms with Crippen molar-refractivity contribution in [1.29, 1.82) is 0 Å². The van der Waals surface area contributed by atoms with Crippen molar-refractivity contribution in [3.63, 3.8) is 0 Å². The van der Waals surface area contributed by atoms with Gasteiger partial charge in [0.05, 0.1) is 16.8 Å². The number of aromatic nitrogens is 1. The lowest BCUT2D eigenvalue weighted by molar-refractivity contribution is 0.102. The summed E-state index contributed by atoms with van der Waals surface area (Å²) < 4.78 is 6.81. The fourth-order valence-corrected chi connectivity index (χ4v) is 3.64. The smallest absolute Gasteiger partial charge is 0.257 e. The van der Waals surface area contributed by atoms with Gasteiger partial charge in [-0.3, -0.25) is 10.1 Å². The molecular weight excluding hydrogens is 344 g/mol. The summed E-state index contributed by atoms with van der Waals surface area (Å²) in [6.45, 7) is 6.96. The molecule has 1 amide bonds. The predicted octanol–water partition coefficient (Wildman–Crippen LogP) is 5.73. The van der Waals surface area contributed by atoms with E-state index in [1.165, 1.54) is 16.9 Å². The van der Waals surface area contributed by atoms with Gasteiger partial charge in [-0.1, -0.05) is 43.2 Å². The molecule has 3 rings (SSSR count). The first kappa shape index (κ1) is 18.4. The fourth-order valence-electron chi connectivity index (χ4n) is 2.72. The number of carbonyl (C=O) groups excluding carboxylic acids is 1. The number of carbonyl (C=O) groups is 1. The maximum absolute atomic E-state index is 12.6. The Balaban J connectivity index is 1.71. The number of rotatable bonds is 7. The van der Waals surface area contributed by atoms with E-state index < -0.39 is 0 Å². The van der Waals surface area contributed by atoms with Crippen molar-refractivity contribution < 1.29 is 9.53 Å². The third kappa shape index (κ3) is 4.22. The van der Waals surface area contributed by atoms with Gasteiger partial charge in [-0.2, -0.15) is 0 Å². The summed E-state index contributed by atoms with van der Waals surface area (Å²) in [7, 11) is 0. The average Bonchev–Trinajstić information content (AvgIpc) is 3.05. The van der Waals surface area contributed by atoms with E-state index in [9.17, 15) is 4.79 Å². The molecule has 0 radical (unpaired) electrons. The normalized spacial score (nSPS) is 10.9. The van der Waals surface area contributed by atoms with Crippen molar-refractivity contribution in [2.24, 2.45) is 0 Å². The third-order valence-corrected chi connectivity index (χ3v) is 5.35. The number of nitrogens with one attached hydrogen (secondary N) is 1. The molecule has 1 aromatic heterocycles. The predicted molar refractivity (Wildman–Crippen MR) is 109 cm³/mol. The number of ether oxygens (including phenoxy) is 1. The number of hydrogen-bond acceptors (Lipinski definition) is 4. The lowest BCUT2D eigenvalue weighted by Gasteiger charge is -2.07. The van der Waals surface area contributed by atoms with Crippen molar-refractivity contribution in [3.05, 3.63) is 53.1 Å². The minimum absolute atomic E-state index is 0.169. The van der Waals surface area contributed by atoms with Crippen molar-refractivity contribution in [2.75, 3.05) is 11.9 Å². The van der Waals surface area contributed by atoms with Gasteiger partial charge in [0.15, 0.2) is 5.13 Å². The standard InChI is InChI=1S/C21H24N2O2S/c1-4-5-6-12-25-17-9-7-8-16(13-17)20(24)23-21-22-19-15(3)14(2)10-11-18(19)26-21/h7-11,13H,4-6,12H2,1-3H3,(H,22,23,24). The van der Waals surface area contributed by atoms with Gasteiger partial charge in [0.25, 0.3) is 5.91 Å². The van der Waals surface area contributed by atoms with Crippen LogP contribution in [0.5, 0.6) is 5.75 Å². The van der Waals surface area contributed by atoms with Crippen LogP contribution in [0, 0.1) is 13.8 Å². The molecule has 0 unspecified atom stereocenters. The lowest BCUT2D eigenvalue weighted by Crippen LogP contribution is -2.11. The van der Waals surface area contributed by atoms with Crippen LogP contribution in [0.25, 0.3) is 10.2 Å². The number of amides is 1. The van der Waals surface area contributed by atoms with E-state index in [4.69, 9.17) is 4.74 Å². The van der Waals surface area contributed by atoms with E-state index in [-0.39, 0.29) is 5.91 Å². The fraction of sp³-hybridized carbons (Fsp3) is 0.333.